The topological polar surface area (TPSA) is 96.3 Å². The van der Waals surface area contributed by atoms with Crippen LogP contribution < -0.4 is 5.32 Å². The number of nitrogens with zero attached hydrogens (tertiary/aromatic N) is 6. The highest BCUT2D eigenvalue weighted by Crippen LogP contribution is 2.33. The van der Waals surface area contributed by atoms with Gasteiger partial charge in [-0.05, 0) is 37.0 Å². The Hall–Kier alpha value is -2.96. The average Bonchev–Trinajstić information content (AvgIpc) is 3.54. The molecule has 5 rings (SSSR count). The molecule has 1 aliphatic heterocycles. The number of aromatic nitrogens is 6. The van der Waals surface area contributed by atoms with E-state index < -0.39 is 5.92 Å². The largest absolute Gasteiger partial charge is 0.384 e. The molecule has 12 heteroatoms. The predicted molar refractivity (Wildman–Crippen MR) is 130 cm³/mol. The van der Waals surface area contributed by atoms with Crippen LogP contribution in [0, 0.1) is 5.41 Å². The van der Waals surface area contributed by atoms with E-state index in [2.05, 4.69) is 41.7 Å². The molecule has 2 N–H and O–H groups in total. The molecule has 0 saturated carbocycles. The van der Waals surface area contributed by atoms with E-state index in [0.29, 0.717) is 11.3 Å². The van der Waals surface area contributed by atoms with E-state index in [1.807, 2.05) is 6.07 Å². The minimum atomic E-state index is -3.12. The summed E-state index contributed by atoms with van der Waals surface area (Å²) in [5.74, 6) is -2.87. The van der Waals surface area contributed by atoms with Crippen LogP contribution in [-0.2, 0) is 17.2 Å². The lowest BCUT2D eigenvalue weighted by Gasteiger charge is -2.39. The number of hydrogen-bond acceptors (Lipinski definition) is 8. The fourth-order valence-corrected chi connectivity index (χ4v) is 5.37. The maximum atomic E-state index is 14.3. The number of alkyl halides is 2. The third kappa shape index (κ3) is 5.04. The highest BCUT2D eigenvalue weighted by atomic mass is 32.1. The fourth-order valence-electron chi connectivity index (χ4n) is 4.71. The Kier molecular flexibility index (Phi) is 6.28. The zero-order valence-electron chi connectivity index (χ0n) is 19.9. The Morgan fingerprint density at radius 1 is 1.34 bits per heavy atom. The molecule has 1 atom stereocenters. The van der Waals surface area contributed by atoms with Crippen molar-refractivity contribution in [2.24, 2.45) is 5.41 Å². The molecule has 0 amide bonds. The van der Waals surface area contributed by atoms with Gasteiger partial charge in [-0.2, -0.15) is 18.3 Å². The lowest BCUT2D eigenvalue weighted by molar-refractivity contribution is 0.0124. The predicted octanol–water partition coefficient (Wildman–Crippen LogP) is 4.68. The molecular formula is C23H28F2N8OS. The number of fused-ring (bicyclic) bond motifs is 1. The number of rotatable bonds is 8. The molecule has 4 aromatic heterocycles. The van der Waals surface area contributed by atoms with E-state index in [-0.39, 0.29) is 16.9 Å². The van der Waals surface area contributed by atoms with E-state index in [1.165, 1.54) is 17.7 Å². The molecule has 9 nitrogen and oxygen atoms in total. The van der Waals surface area contributed by atoms with Crippen LogP contribution in [0.5, 0.6) is 0 Å². The first-order chi connectivity index (χ1) is 16.7. The molecule has 1 unspecified atom stereocenters. The Morgan fingerprint density at radius 3 is 2.94 bits per heavy atom. The third-order valence-corrected chi connectivity index (χ3v) is 7.02. The number of halogens is 2. The van der Waals surface area contributed by atoms with Crippen LogP contribution in [0.2, 0.25) is 0 Å². The van der Waals surface area contributed by atoms with Crippen molar-refractivity contribution in [1.82, 2.24) is 33.8 Å². The maximum absolute atomic E-state index is 14.3. The van der Waals surface area contributed by atoms with Crippen LogP contribution in [0.1, 0.15) is 38.1 Å². The first-order valence-corrected chi connectivity index (χ1v) is 12.2. The summed E-state index contributed by atoms with van der Waals surface area (Å²) in [7, 11) is 1.75. The van der Waals surface area contributed by atoms with Crippen LogP contribution >= 0.6 is 11.5 Å². The summed E-state index contributed by atoms with van der Waals surface area (Å²) in [5, 5.41) is 10.6. The maximum Gasteiger partial charge on any atom is 0.288 e. The van der Waals surface area contributed by atoms with E-state index in [0.717, 1.165) is 62.3 Å². The van der Waals surface area contributed by atoms with Crippen molar-refractivity contribution in [2.45, 2.75) is 39.2 Å². The number of H-pyrrole nitrogens is 1. The molecule has 5 heterocycles. The quantitative estimate of drug-likeness (QED) is 0.361. The summed E-state index contributed by atoms with van der Waals surface area (Å²) in [6.45, 7) is 6.51. The summed E-state index contributed by atoms with van der Waals surface area (Å²) in [6, 6.07) is 1.95. The second-order valence-electron chi connectivity index (χ2n) is 9.55. The number of nitrogens with one attached hydrogen (secondary N) is 2. The summed E-state index contributed by atoms with van der Waals surface area (Å²) in [5.41, 5.74) is 2.52. The Morgan fingerprint density at radius 2 is 2.20 bits per heavy atom. The van der Waals surface area contributed by atoms with Gasteiger partial charge in [-0.1, -0.05) is 6.92 Å². The fraction of sp³-hybridized carbons (Fsp3) is 0.478. The van der Waals surface area contributed by atoms with E-state index in [1.54, 1.807) is 30.1 Å². The summed E-state index contributed by atoms with van der Waals surface area (Å²) < 4.78 is 40.2. The number of aromatic amines is 1. The monoisotopic (exact) mass is 502 g/mol. The molecule has 35 heavy (non-hydrogen) atoms. The van der Waals surface area contributed by atoms with Gasteiger partial charge >= 0.3 is 0 Å². The molecule has 4 aromatic rings. The van der Waals surface area contributed by atoms with Crippen LogP contribution in [-0.4, -0.2) is 60.6 Å². The molecule has 186 valence electrons. The molecule has 0 spiro atoms. The lowest BCUT2D eigenvalue weighted by atomic mass is 9.82. The van der Waals surface area contributed by atoms with Crippen LogP contribution in [0.3, 0.4) is 0 Å². The summed E-state index contributed by atoms with van der Waals surface area (Å²) >= 11 is 1.28. The van der Waals surface area contributed by atoms with Gasteiger partial charge in [0.25, 0.3) is 5.92 Å². The van der Waals surface area contributed by atoms with E-state index in [9.17, 15) is 8.78 Å². The minimum absolute atomic E-state index is 0.138. The van der Waals surface area contributed by atoms with Crippen molar-refractivity contribution < 1.29 is 13.5 Å². The van der Waals surface area contributed by atoms with Crippen molar-refractivity contribution >= 4 is 28.0 Å². The van der Waals surface area contributed by atoms with Crippen LogP contribution in [0.4, 0.5) is 19.6 Å². The lowest BCUT2D eigenvalue weighted by Crippen LogP contribution is -2.43. The Balaban J connectivity index is 1.40. The molecule has 1 saturated heterocycles. The highest BCUT2D eigenvalue weighted by Gasteiger charge is 2.31. The number of piperidine rings is 1. The van der Waals surface area contributed by atoms with Crippen molar-refractivity contribution in [1.29, 1.82) is 0 Å². The standard InChI is InChI=1S/C23H28F2N8OS/c1-22(14-34-3)5-4-6-32(13-22)11-16-7-19(35-31-16)30-20-21-26-10-17(15-8-27-28-9-15)33(21)12-18(29-20)23(2,24)25/h7-10,12H,4-6,11,13-14H2,1-3H3,(H,27,28)(H,29,30). The number of ether oxygens (including phenoxy) is 1. The normalized spacial score (nSPS) is 19.5. The number of imidazole rings is 1. The molecule has 0 aliphatic carbocycles. The van der Waals surface area contributed by atoms with Crippen molar-refractivity contribution in [3.05, 3.63) is 42.2 Å². The van der Waals surface area contributed by atoms with Gasteiger partial charge in [-0.3, -0.25) is 14.4 Å². The smallest absolute Gasteiger partial charge is 0.288 e. The van der Waals surface area contributed by atoms with Crippen LogP contribution in [0.15, 0.2) is 30.9 Å². The number of hydrogen-bond donors (Lipinski definition) is 2. The minimum Gasteiger partial charge on any atom is -0.384 e. The Bertz CT molecular complexity index is 1290. The number of anilines is 2. The van der Waals surface area contributed by atoms with E-state index >= 15 is 0 Å². The van der Waals surface area contributed by atoms with Gasteiger partial charge in [-0.15, -0.1) is 0 Å². The second-order valence-corrected chi connectivity index (χ2v) is 10.4. The molecule has 1 fully saturated rings. The highest BCUT2D eigenvalue weighted by molar-refractivity contribution is 7.10. The molecule has 1 aliphatic rings. The van der Waals surface area contributed by atoms with Crippen molar-refractivity contribution in [3.8, 4) is 11.3 Å². The van der Waals surface area contributed by atoms with Gasteiger partial charge in [-0.25, -0.2) is 9.97 Å². The van der Waals surface area contributed by atoms with Gasteiger partial charge in [0.05, 0.1) is 30.4 Å². The van der Waals surface area contributed by atoms with Gasteiger partial charge in [0.15, 0.2) is 11.5 Å². The molecular weight excluding hydrogens is 474 g/mol. The van der Waals surface area contributed by atoms with Crippen molar-refractivity contribution in [3.63, 3.8) is 0 Å². The van der Waals surface area contributed by atoms with Gasteiger partial charge in [0.2, 0.25) is 0 Å². The first-order valence-electron chi connectivity index (χ1n) is 11.4. The zero-order valence-corrected chi connectivity index (χ0v) is 20.7. The second kappa shape index (κ2) is 9.25. The van der Waals surface area contributed by atoms with Gasteiger partial charge < -0.3 is 10.1 Å². The van der Waals surface area contributed by atoms with Crippen molar-refractivity contribution in [2.75, 3.05) is 32.1 Å². The number of likely N-dealkylation sites (tertiary alicyclic amines) is 1. The Labute approximate surface area is 205 Å². The zero-order chi connectivity index (χ0) is 24.6. The van der Waals surface area contributed by atoms with Gasteiger partial charge in [0, 0.05) is 50.5 Å². The molecule has 0 aromatic carbocycles. The van der Waals surface area contributed by atoms with E-state index in [4.69, 9.17) is 4.74 Å². The summed E-state index contributed by atoms with van der Waals surface area (Å²) in [4.78, 5) is 11.0. The SMILES string of the molecule is COCC1(C)CCCN(Cc2cc(Nc3nc(C(C)(F)F)cn4c(-c5cn[nH]c5)cnc34)sn2)C1. The first kappa shape index (κ1) is 23.8. The van der Waals surface area contributed by atoms with Gasteiger partial charge in [0.1, 0.15) is 10.7 Å². The summed E-state index contributed by atoms with van der Waals surface area (Å²) in [6.07, 6.45) is 8.51. The third-order valence-electron chi connectivity index (χ3n) is 6.27. The molecule has 0 radical (unpaired) electrons. The number of methoxy groups -OCH3 is 1. The van der Waals surface area contributed by atoms with Crippen LogP contribution in [0.25, 0.3) is 16.9 Å². The average molecular weight is 503 g/mol. The molecule has 0 bridgehead atoms.